The minimum Gasteiger partial charge on any atom is -0.356 e. The zero-order valence-electron chi connectivity index (χ0n) is 15.3. The maximum atomic E-state index is 11.6. The topological polar surface area (TPSA) is 70.6 Å². The van der Waals surface area contributed by atoms with Gasteiger partial charge in [-0.25, -0.2) is 13.4 Å². The SMILES string of the molecule is C=C(C)CN=C(NCC1CCS(=O)(=O)C1)NC1CC(C)CC(C)C1. The lowest BCUT2D eigenvalue weighted by Gasteiger charge is -2.33. The fourth-order valence-electron chi connectivity index (χ4n) is 3.90. The maximum Gasteiger partial charge on any atom is 0.191 e. The van der Waals surface area contributed by atoms with Gasteiger partial charge >= 0.3 is 0 Å². The van der Waals surface area contributed by atoms with E-state index in [1.54, 1.807) is 0 Å². The van der Waals surface area contributed by atoms with Crippen LogP contribution in [0.3, 0.4) is 0 Å². The summed E-state index contributed by atoms with van der Waals surface area (Å²) in [5.41, 5.74) is 1.02. The third kappa shape index (κ3) is 6.46. The van der Waals surface area contributed by atoms with Crippen molar-refractivity contribution in [3.63, 3.8) is 0 Å². The van der Waals surface area contributed by atoms with Crippen LogP contribution in [0.1, 0.15) is 46.5 Å². The van der Waals surface area contributed by atoms with E-state index in [-0.39, 0.29) is 5.92 Å². The Labute approximate surface area is 147 Å². The Hall–Kier alpha value is -1.04. The standard InChI is InChI=1S/C18H33N3O2S/c1-13(2)10-19-18(20-11-16-5-6-24(22,23)12-16)21-17-8-14(3)7-15(4)9-17/h14-17H,1,5-12H2,2-4H3,(H2,19,20,21). The first kappa shape index (κ1) is 19.3. The second kappa shape index (κ2) is 8.37. The van der Waals surface area contributed by atoms with Crippen molar-refractivity contribution in [2.75, 3.05) is 24.6 Å². The van der Waals surface area contributed by atoms with Crippen molar-refractivity contribution in [1.29, 1.82) is 0 Å². The molecule has 2 N–H and O–H groups in total. The smallest absolute Gasteiger partial charge is 0.191 e. The molecule has 0 aromatic carbocycles. The second-order valence-corrected chi connectivity index (χ2v) is 10.3. The fraction of sp³-hybridized carbons (Fsp3) is 0.833. The van der Waals surface area contributed by atoms with E-state index >= 15 is 0 Å². The molecule has 0 radical (unpaired) electrons. The highest BCUT2D eigenvalue weighted by Crippen LogP contribution is 2.28. The fourth-order valence-corrected chi connectivity index (χ4v) is 5.76. The molecule has 3 unspecified atom stereocenters. The Balaban J connectivity index is 1.92. The first-order chi connectivity index (χ1) is 11.2. The Morgan fingerprint density at radius 1 is 1.21 bits per heavy atom. The summed E-state index contributed by atoms with van der Waals surface area (Å²) in [6.45, 7) is 11.8. The van der Waals surface area contributed by atoms with E-state index in [4.69, 9.17) is 0 Å². The van der Waals surface area contributed by atoms with E-state index in [1.165, 1.54) is 6.42 Å². The van der Waals surface area contributed by atoms with Crippen LogP contribution in [-0.2, 0) is 9.84 Å². The van der Waals surface area contributed by atoms with E-state index in [2.05, 4.69) is 36.1 Å². The van der Waals surface area contributed by atoms with Crippen molar-refractivity contribution >= 4 is 15.8 Å². The normalized spacial score (nSPS) is 33.2. The van der Waals surface area contributed by atoms with Crippen LogP contribution in [0, 0.1) is 17.8 Å². The zero-order chi connectivity index (χ0) is 17.7. The van der Waals surface area contributed by atoms with Crippen molar-refractivity contribution in [3.05, 3.63) is 12.2 Å². The van der Waals surface area contributed by atoms with E-state index in [9.17, 15) is 8.42 Å². The number of nitrogens with zero attached hydrogens (tertiary/aromatic N) is 1. The van der Waals surface area contributed by atoms with Crippen LogP contribution in [0.4, 0.5) is 0 Å². The number of guanidine groups is 1. The van der Waals surface area contributed by atoms with Gasteiger partial charge in [0.1, 0.15) is 0 Å². The molecule has 24 heavy (non-hydrogen) atoms. The molecule has 0 aromatic rings. The van der Waals surface area contributed by atoms with Crippen LogP contribution >= 0.6 is 0 Å². The van der Waals surface area contributed by atoms with Gasteiger partial charge in [-0.1, -0.05) is 26.0 Å². The van der Waals surface area contributed by atoms with Gasteiger partial charge in [-0.2, -0.15) is 0 Å². The molecule has 0 amide bonds. The van der Waals surface area contributed by atoms with Crippen LogP contribution in [0.25, 0.3) is 0 Å². The molecule has 0 aromatic heterocycles. The predicted molar refractivity (Wildman–Crippen MR) is 101 cm³/mol. The molecule has 5 nitrogen and oxygen atoms in total. The Kier molecular flexibility index (Phi) is 6.72. The molecule has 0 bridgehead atoms. The van der Waals surface area contributed by atoms with E-state index in [0.717, 1.165) is 42.6 Å². The van der Waals surface area contributed by atoms with Crippen LogP contribution in [-0.4, -0.2) is 45.0 Å². The summed E-state index contributed by atoms with van der Waals surface area (Å²) in [6.07, 6.45) is 4.37. The first-order valence-corrected chi connectivity index (χ1v) is 11.0. The van der Waals surface area contributed by atoms with Gasteiger partial charge in [-0.3, -0.25) is 0 Å². The molecule has 138 valence electrons. The van der Waals surface area contributed by atoms with E-state index in [1.807, 2.05) is 6.92 Å². The Morgan fingerprint density at radius 3 is 2.42 bits per heavy atom. The third-order valence-corrected chi connectivity index (χ3v) is 6.75. The molecule has 2 fully saturated rings. The van der Waals surface area contributed by atoms with Gasteiger partial charge in [0.2, 0.25) is 0 Å². The molecule has 1 aliphatic heterocycles. The van der Waals surface area contributed by atoms with Crippen LogP contribution in [0.2, 0.25) is 0 Å². The lowest BCUT2D eigenvalue weighted by Crippen LogP contribution is -2.47. The average molecular weight is 356 g/mol. The van der Waals surface area contributed by atoms with Gasteiger partial charge < -0.3 is 10.6 Å². The highest BCUT2D eigenvalue weighted by Gasteiger charge is 2.28. The zero-order valence-corrected chi connectivity index (χ0v) is 16.2. The summed E-state index contributed by atoms with van der Waals surface area (Å²) in [4.78, 5) is 4.61. The van der Waals surface area contributed by atoms with Crippen LogP contribution < -0.4 is 10.6 Å². The van der Waals surface area contributed by atoms with Gasteiger partial charge in [-0.05, 0) is 50.4 Å². The van der Waals surface area contributed by atoms with Gasteiger partial charge in [0.15, 0.2) is 15.8 Å². The van der Waals surface area contributed by atoms with Gasteiger partial charge in [0.05, 0.1) is 18.1 Å². The molecular weight excluding hydrogens is 322 g/mol. The van der Waals surface area contributed by atoms with Crippen LogP contribution in [0.5, 0.6) is 0 Å². The summed E-state index contributed by atoms with van der Waals surface area (Å²) in [5.74, 6) is 3.07. The van der Waals surface area contributed by atoms with Crippen molar-refractivity contribution in [1.82, 2.24) is 10.6 Å². The molecule has 1 aliphatic carbocycles. The summed E-state index contributed by atoms with van der Waals surface area (Å²) in [5, 5.41) is 6.93. The number of aliphatic imine (C=N–C) groups is 1. The first-order valence-electron chi connectivity index (χ1n) is 9.13. The molecule has 6 heteroatoms. The number of sulfone groups is 1. The number of hydrogen-bond acceptors (Lipinski definition) is 3. The largest absolute Gasteiger partial charge is 0.356 e. The van der Waals surface area contributed by atoms with E-state index in [0.29, 0.717) is 30.6 Å². The number of nitrogens with one attached hydrogen (secondary N) is 2. The molecule has 0 spiro atoms. The van der Waals surface area contributed by atoms with Crippen molar-refractivity contribution in [2.45, 2.75) is 52.5 Å². The van der Waals surface area contributed by atoms with Gasteiger partial charge in [0, 0.05) is 12.6 Å². The summed E-state index contributed by atoms with van der Waals surface area (Å²) >= 11 is 0. The van der Waals surface area contributed by atoms with Crippen molar-refractivity contribution in [3.8, 4) is 0 Å². The molecule has 3 atom stereocenters. The molecule has 2 rings (SSSR count). The van der Waals surface area contributed by atoms with Crippen molar-refractivity contribution < 1.29 is 8.42 Å². The summed E-state index contributed by atoms with van der Waals surface area (Å²) in [6, 6.07) is 0.437. The summed E-state index contributed by atoms with van der Waals surface area (Å²) in [7, 11) is -2.83. The number of rotatable bonds is 5. The molecule has 1 heterocycles. The highest BCUT2D eigenvalue weighted by molar-refractivity contribution is 7.91. The average Bonchev–Trinajstić information content (AvgIpc) is 2.80. The second-order valence-electron chi connectivity index (χ2n) is 8.03. The lowest BCUT2D eigenvalue weighted by atomic mass is 9.80. The highest BCUT2D eigenvalue weighted by atomic mass is 32.2. The van der Waals surface area contributed by atoms with Gasteiger partial charge in [-0.15, -0.1) is 0 Å². The quantitative estimate of drug-likeness (QED) is 0.451. The monoisotopic (exact) mass is 355 g/mol. The minimum absolute atomic E-state index is 0.191. The summed E-state index contributed by atoms with van der Waals surface area (Å²) < 4.78 is 23.2. The Morgan fingerprint density at radius 2 is 1.88 bits per heavy atom. The molecular formula is C18H33N3O2S. The lowest BCUT2D eigenvalue weighted by molar-refractivity contribution is 0.255. The molecule has 1 saturated heterocycles. The van der Waals surface area contributed by atoms with Gasteiger partial charge in [0.25, 0.3) is 0 Å². The van der Waals surface area contributed by atoms with E-state index < -0.39 is 9.84 Å². The molecule has 2 aliphatic rings. The molecule has 1 saturated carbocycles. The predicted octanol–water partition coefficient (Wildman–Crippen LogP) is 2.36. The number of hydrogen-bond donors (Lipinski definition) is 2. The third-order valence-electron chi connectivity index (χ3n) is 4.91. The van der Waals surface area contributed by atoms with Crippen LogP contribution in [0.15, 0.2) is 17.1 Å². The maximum absolute atomic E-state index is 11.6. The Bertz CT molecular complexity index is 561. The van der Waals surface area contributed by atoms with Crippen molar-refractivity contribution in [2.24, 2.45) is 22.7 Å². The minimum atomic E-state index is -2.83.